The maximum atomic E-state index is 11.1. The van der Waals surface area contributed by atoms with E-state index in [0.29, 0.717) is 12.8 Å². The molecule has 102 valence electrons. The first-order valence-corrected chi connectivity index (χ1v) is 5.49. The molecule has 0 saturated heterocycles. The molecule has 0 aliphatic heterocycles. The van der Waals surface area contributed by atoms with E-state index in [1.807, 2.05) is 0 Å². The fourth-order valence-corrected chi connectivity index (χ4v) is 1.02. The van der Waals surface area contributed by atoms with E-state index >= 15 is 0 Å². The highest BCUT2D eigenvalue weighted by Crippen LogP contribution is 2.05. The molecule has 0 amide bonds. The summed E-state index contributed by atoms with van der Waals surface area (Å²) in [7, 11) is 0. The monoisotopic (exact) mass is 258 g/mol. The number of rotatable bonds is 9. The van der Waals surface area contributed by atoms with Gasteiger partial charge >= 0.3 is 11.9 Å². The molecule has 0 aromatic heterocycles. The van der Waals surface area contributed by atoms with Crippen LogP contribution in [0.25, 0.3) is 0 Å². The Balaban J connectivity index is 3.61. The van der Waals surface area contributed by atoms with E-state index in [9.17, 15) is 9.59 Å². The lowest BCUT2D eigenvalue weighted by molar-refractivity contribution is -0.163. The number of esters is 2. The molecular weight excluding hydrogens is 240 g/mol. The molecule has 6 heteroatoms. The Kier molecular flexibility index (Phi) is 8.51. The van der Waals surface area contributed by atoms with Crippen LogP contribution in [0.5, 0.6) is 0 Å². The lowest BCUT2D eigenvalue weighted by atomic mass is 10.2. The number of carbonyl (C=O) groups excluding carboxylic acids is 2. The van der Waals surface area contributed by atoms with Crippen LogP contribution < -0.4 is 0 Å². The van der Waals surface area contributed by atoms with E-state index in [4.69, 9.17) is 10.2 Å². The van der Waals surface area contributed by atoms with Crippen molar-refractivity contribution in [3.8, 4) is 0 Å². The summed E-state index contributed by atoms with van der Waals surface area (Å²) in [5.41, 5.74) is 0. The van der Waals surface area contributed by atoms with E-state index in [2.05, 4.69) is 22.6 Å². The normalized spacial score (nSPS) is 13.2. The SMILES string of the molecule is C=CC(O)OC(=O)CCCCC(=O)OC(O)C=C. The summed E-state index contributed by atoms with van der Waals surface area (Å²) in [4.78, 5) is 22.2. The summed E-state index contributed by atoms with van der Waals surface area (Å²) in [6.07, 6.45) is 0.585. The zero-order valence-corrected chi connectivity index (χ0v) is 10.1. The first-order valence-electron chi connectivity index (χ1n) is 5.49. The zero-order chi connectivity index (χ0) is 14.0. The first kappa shape index (κ1) is 16.3. The molecule has 0 rings (SSSR count). The molecule has 2 N–H and O–H groups in total. The number of carbonyl (C=O) groups is 2. The highest BCUT2D eigenvalue weighted by Gasteiger charge is 2.10. The number of unbranched alkanes of at least 4 members (excludes halogenated alkanes) is 1. The third-order valence-electron chi connectivity index (χ3n) is 1.92. The molecule has 18 heavy (non-hydrogen) atoms. The topological polar surface area (TPSA) is 93.1 Å². The molecule has 2 atom stereocenters. The quantitative estimate of drug-likeness (QED) is 0.273. The second kappa shape index (κ2) is 9.38. The van der Waals surface area contributed by atoms with Gasteiger partial charge in [-0.15, -0.1) is 0 Å². The Hall–Kier alpha value is -1.66. The Bertz CT molecular complexity index is 269. The molecule has 0 aromatic carbocycles. The van der Waals surface area contributed by atoms with Crippen LogP contribution in [0.15, 0.2) is 25.3 Å². The molecule has 6 nitrogen and oxygen atoms in total. The van der Waals surface area contributed by atoms with Gasteiger partial charge in [0.05, 0.1) is 0 Å². The minimum Gasteiger partial charge on any atom is -0.432 e. The molecule has 0 radical (unpaired) electrons. The van der Waals surface area contributed by atoms with Crippen LogP contribution >= 0.6 is 0 Å². The van der Waals surface area contributed by atoms with Gasteiger partial charge in [0.1, 0.15) is 0 Å². The summed E-state index contributed by atoms with van der Waals surface area (Å²) in [6.45, 7) is 6.50. The van der Waals surface area contributed by atoms with Crippen LogP contribution in [-0.4, -0.2) is 34.7 Å². The Morgan fingerprint density at radius 1 is 0.944 bits per heavy atom. The molecule has 0 aliphatic rings. The molecule has 0 aromatic rings. The van der Waals surface area contributed by atoms with Crippen molar-refractivity contribution >= 4 is 11.9 Å². The summed E-state index contributed by atoms with van der Waals surface area (Å²) in [5.74, 6) is -1.14. The zero-order valence-electron chi connectivity index (χ0n) is 10.1. The Morgan fingerprint density at radius 3 is 1.56 bits per heavy atom. The van der Waals surface area contributed by atoms with E-state index in [-0.39, 0.29) is 12.8 Å². The van der Waals surface area contributed by atoms with Gasteiger partial charge in [0.2, 0.25) is 12.6 Å². The van der Waals surface area contributed by atoms with Gasteiger partial charge in [0.15, 0.2) is 0 Å². The predicted octanol–water partition coefficient (Wildman–Crippen LogP) is 0.642. The lowest BCUT2D eigenvalue weighted by Gasteiger charge is -2.08. The molecule has 0 aliphatic carbocycles. The summed E-state index contributed by atoms with van der Waals surface area (Å²) < 4.78 is 9.04. The standard InChI is InChI=1S/C12H18O6/c1-3-9(13)17-11(15)7-5-6-8-12(16)18-10(14)4-2/h3-4,9-10,13-14H,1-2,5-8H2. The Morgan fingerprint density at radius 2 is 1.28 bits per heavy atom. The maximum Gasteiger partial charge on any atom is 0.308 e. The van der Waals surface area contributed by atoms with Crippen molar-refractivity contribution in [2.24, 2.45) is 0 Å². The van der Waals surface area contributed by atoms with Gasteiger partial charge < -0.3 is 19.7 Å². The van der Waals surface area contributed by atoms with Gasteiger partial charge in [0.25, 0.3) is 0 Å². The average molecular weight is 258 g/mol. The van der Waals surface area contributed by atoms with Crippen molar-refractivity contribution in [3.63, 3.8) is 0 Å². The maximum absolute atomic E-state index is 11.1. The van der Waals surface area contributed by atoms with Gasteiger partial charge in [-0.1, -0.05) is 13.2 Å². The lowest BCUT2D eigenvalue weighted by Crippen LogP contribution is -2.16. The van der Waals surface area contributed by atoms with Gasteiger partial charge in [-0.2, -0.15) is 0 Å². The van der Waals surface area contributed by atoms with Crippen molar-refractivity contribution in [2.75, 3.05) is 0 Å². The second-order valence-corrected chi connectivity index (χ2v) is 3.44. The summed E-state index contributed by atoms with van der Waals surface area (Å²) in [5, 5.41) is 17.9. The van der Waals surface area contributed by atoms with Crippen molar-refractivity contribution in [3.05, 3.63) is 25.3 Å². The highest BCUT2D eigenvalue weighted by atomic mass is 16.6. The molecule has 2 unspecified atom stereocenters. The van der Waals surface area contributed by atoms with Gasteiger partial charge in [-0.25, -0.2) is 0 Å². The molecule has 0 saturated carbocycles. The molecular formula is C12H18O6. The van der Waals surface area contributed by atoms with E-state index in [1.54, 1.807) is 0 Å². The molecule has 0 spiro atoms. The van der Waals surface area contributed by atoms with Gasteiger partial charge in [-0.3, -0.25) is 9.59 Å². The highest BCUT2D eigenvalue weighted by molar-refractivity contribution is 5.70. The van der Waals surface area contributed by atoms with Crippen LogP contribution in [0, 0.1) is 0 Å². The number of hydrogen-bond acceptors (Lipinski definition) is 6. The largest absolute Gasteiger partial charge is 0.432 e. The van der Waals surface area contributed by atoms with Gasteiger partial charge in [0, 0.05) is 12.8 Å². The predicted molar refractivity (Wildman–Crippen MR) is 63.1 cm³/mol. The van der Waals surface area contributed by atoms with Crippen LogP contribution in [0.3, 0.4) is 0 Å². The van der Waals surface area contributed by atoms with E-state index in [1.165, 1.54) is 0 Å². The number of aliphatic hydroxyl groups excluding tert-OH is 2. The Labute approximate surface area is 106 Å². The molecule has 0 fully saturated rings. The van der Waals surface area contributed by atoms with E-state index < -0.39 is 24.5 Å². The van der Waals surface area contributed by atoms with Crippen LogP contribution in [0.2, 0.25) is 0 Å². The second-order valence-electron chi connectivity index (χ2n) is 3.44. The minimum absolute atomic E-state index is 0.0855. The van der Waals surface area contributed by atoms with Crippen LogP contribution in [0.4, 0.5) is 0 Å². The van der Waals surface area contributed by atoms with Crippen molar-refractivity contribution < 1.29 is 29.3 Å². The van der Waals surface area contributed by atoms with Crippen molar-refractivity contribution in [1.29, 1.82) is 0 Å². The van der Waals surface area contributed by atoms with Crippen molar-refractivity contribution in [1.82, 2.24) is 0 Å². The fourth-order valence-electron chi connectivity index (χ4n) is 1.02. The fraction of sp³-hybridized carbons (Fsp3) is 0.500. The van der Waals surface area contributed by atoms with Crippen LogP contribution in [0.1, 0.15) is 25.7 Å². The molecule has 0 heterocycles. The first-order chi connectivity index (χ1) is 8.49. The third kappa shape index (κ3) is 8.49. The number of ether oxygens (including phenoxy) is 2. The molecule has 0 bridgehead atoms. The average Bonchev–Trinajstić information content (AvgIpc) is 2.34. The smallest absolute Gasteiger partial charge is 0.308 e. The number of aliphatic hydroxyl groups is 2. The minimum atomic E-state index is -1.30. The summed E-state index contributed by atoms with van der Waals surface area (Å²) in [6, 6.07) is 0. The summed E-state index contributed by atoms with van der Waals surface area (Å²) >= 11 is 0. The van der Waals surface area contributed by atoms with Gasteiger partial charge in [-0.05, 0) is 25.0 Å². The van der Waals surface area contributed by atoms with E-state index in [0.717, 1.165) is 12.2 Å². The number of hydrogen-bond donors (Lipinski definition) is 2. The van der Waals surface area contributed by atoms with Crippen LogP contribution in [-0.2, 0) is 19.1 Å². The van der Waals surface area contributed by atoms with Crippen molar-refractivity contribution in [2.45, 2.75) is 38.3 Å². The third-order valence-corrected chi connectivity index (χ3v) is 1.92.